The lowest BCUT2D eigenvalue weighted by molar-refractivity contribution is -0.914. The summed E-state index contributed by atoms with van der Waals surface area (Å²) in [5.74, 6) is 0.468. The molecular weight excluding hydrogens is 376 g/mol. The van der Waals surface area contributed by atoms with Gasteiger partial charge in [-0.1, -0.05) is 12.1 Å². The van der Waals surface area contributed by atoms with Gasteiger partial charge in [0.15, 0.2) is 0 Å². The second kappa shape index (κ2) is 8.95. The molecule has 0 atom stereocenters. The van der Waals surface area contributed by atoms with Crippen LogP contribution in [-0.4, -0.2) is 45.9 Å². The Morgan fingerprint density at radius 3 is 2.71 bits per heavy atom. The number of nitriles is 1. The maximum atomic E-state index is 12.3. The molecule has 0 bridgehead atoms. The molecule has 0 saturated carbocycles. The highest BCUT2D eigenvalue weighted by molar-refractivity contribution is 7.18. The van der Waals surface area contributed by atoms with Crippen LogP contribution in [0.5, 0.6) is 5.75 Å². The normalized spacial score (nSPS) is 14.5. The highest BCUT2D eigenvalue weighted by Gasteiger charge is 2.28. The standard InChI is InChI=1S/C20H24N4O3S/c1-3-27-20(25)18-15(14(12-21)19(22)28-18)13-23-8-10-24(11-9-23)16-6-4-5-7-17(16)26-2/h4-7H,3,8-11,13,22H2,1-2H3/p+1. The van der Waals surface area contributed by atoms with Crippen molar-refractivity contribution in [1.29, 1.82) is 5.26 Å². The lowest BCUT2D eigenvalue weighted by Crippen LogP contribution is -3.13. The zero-order valence-corrected chi connectivity index (χ0v) is 17.0. The van der Waals surface area contributed by atoms with Crippen molar-refractivity contribution in [3.8, 4) is 11.8 Å². The zero-order chi connectivity index (χ0) is 20.1. The number of piperazine rings is 1. The van der Waals surface area contributed by atoms with Gasteiger partial charge >= 0.3 is 5.97 Å². The molecule has 1 aliphatic heterocycles. The van der Waals surface area contributed by atoms with E-state index >= 15 is 0 Å². The first kappa shape index (κ1) is 20.0. The van der Waals surface area contributed by atoms with Gasteiger partial charge in [0.1, 0.15) is 28.2 Å². The summed E-state index contributed by atoms with van der Waals surface area (Å²) >= 11 is 1.15. The van der Waals surface area contributed by atoms with Gasteiger partial charge in [0.2, 0.25) is 0 Å². The third kappa shape index (κ3) is 4.06. The van der Waals surface area contributed by atoms with Crippen LogP contribution in [0.25, 0.3) is 0 Å². The third-order valence-corrected chi connectivity index (χ3v) is 5.97. The summed E-state index contributed by atoms with van der Waals surface area (Å²) < 4.78 is 10.6. The monoisotopic (exact) mass is 401 g/mol. The minimum Gasteiger partial charge on any atom is -0.495 e. The molecule has 148 valence electrons. The van der Waals surface area contributed by atoms with E-state index < -0.39 is 5.97 Å². The van der Waals surface area contributed by atoms with Crippen LogP contribution in [0.2, 0.25) is 0 Å². The van der Waals surface area contributed by atoms with E-state index in [9.17, 15) is 10.1 Å². The Labute approximate surface area is 168 Å². The number of benzene rings is 1. The first-order valence-electron chi connectivity index (χ1n) is 9.28. The molecule has 0 amide bonds. The van der Waals surface area contributed by atoms with Crippen molar-refractivity contribution in [2.24, 2.45) is 0 Å². The van der Waals surface area contributed by atoms with E-state index in [1.807, 2.05) is 18.2 Å². The highest BCUT2D eigenvalue weighted by atomic mass is 32.1. The number of anilines is 2. The Kier molecular flexibility index (Phi) is 6.39. The quantitative estimate of drug-likeness (QED) is 0.709. The number of nitrogens with two attached hydrogens (primary N) is 1. The number of ether oxygens (including phenoxy) is 2. The van der Waals surface area contributed by atoms with Gasteiger partial charge in [-0.25, -0.2) is 4.79 Å². The number of nitrogens with zero attached hydrogens (tertiary/aromatic N) is 2. The minimum atomic E-state index is -0.400. The van der Waals surface area contributed by atoms with E-state index in [4.69, 9.17) is 15.2 Å². The van der Waals surface area contributed by atoms with E-state index in [-0.39, 0.29) is 0 Å². The number of carbonyl (C=O) groups is 1. The fourth-order valence-electron chi connectivity index (χ4n) is 3.52. The van der Waals surface area contributed by atoms with Crippen LogP contribution < -0.4 is 20.3 Å². The van der Waals surface area contributed by atoms with Crippen LogP contribution in [0.3, 0.4) is 0 Å². The maximum absolute atomic E-state index is 12.3. The lowest BCUT2D eigenvalue weighted by atomic mass is 10.1. The minimum absolute atomic E-state index is 0.294. The molecule has 1 fully saturated rings. The van der Waals surface area contributed by atoms with Gasteiger partial charge in [0, 0.05) is 0 Å². The van der Waals surface area contributed by atoms with Crippen LogP contribution in [0, 0.1) is 11.3 Å². The van der Waals surface area contributed by atoms with Gasteiger partial charge in [0.25, 0.3) is 0 Å². The van der Waals surface area contributed by atoms with Gasteiger partial charge in [-0.3, -0.25) is 0 Å². The molecule has 2 heterocycles. The third-order valence-electron chi connectivity index (χ3n) is 4.93. The number of hydrogen-bond acceptors (Lipinski definition) is 7. The number of hydrogen-bond donors (Lipinski definition) is 2. The molecule has 3 rings (SSSR count). The molecule has 1 saturated heterocycles. The van der Waals surface area contributed by atoms with Crippen molar-refractivity contribution < 1.29 is 19.2 Å². The topological polar surface area (TPSA) is 93.0 Å². The average Bonchev–Trinajstić information content (AvgIpc) is 3.04. The predicted octanol–water partition coefficient (Wildman–Crippen LogP) is 1.29. The molecule has 2 aromatic rings. The lowest BCUT2D eigenvalue weighted by Gasteiger charge is -2.34. The smallest absolute Gasteiger partial charge is 0.348 e. The number of thiophene rings is 1. The second-order valence-electron chi connectivity index (χ2n) is 6.57. The van der Waals surface area contributed by atoms with Crippen LogP contribution in [0.15, 0.2) is 24.3 Å². The molecule has 0 unspecified atom stereocenters. The van der Waals surface area contributed by atoms with Crippen LogP contribution in [0.1, 0.15) is 27.7 Å². The Hall–Kier alpha value is -2.76. The van der Waals surface area contributed by atoms with Gasteiger partial charge < -0.3 is 25.0 Å². The van der Waals surface area contributed by atoms with Crippen LogP contribution in [-0.2, 0) is 11.3 Å². The summed E-state index contributed by atoms with van der Waals surface area (Å²) in [4.78, 5) is 16.4. The largest absolute Gasteiger partial charge is 0.495 e. The Balaban J connectivity index is 1.73. The Morgan fingerprint density at radius 1 is 1.36 bits per heavy atom. The molecule has 1 aromatic heterocycles. The fraction of sp³-hybridized carbons (Fsp3) is 0.400. The zero-order valence-electron chi connectivity index (χ0n) is 16.2. The molecule has 8 heteroatoms. The van der Waals surface area contributed by atoms with Crippen molar-refractivity contribution >= 4 is 28.0 Å². The summed E-state index contributed by atoms with van der Waals surface area (Å²) in [6.45, 7) is 6.16. The maximum Gasteiger partial charge on any atom is 0.348 e. The van der Waals surface area contributed by atoms with Crippen LogP contribution >= 0.6 is 11.3 Å². The molecule has 0 spiro atoms. The molecule has 0 aliphatic carbocycles. The summed E-state index contributed by atoms with van der Waals surface area (Å²) in [5.41, 5.74) is 8.19. The average molecular weight is 402 g/mol. The van der Waals surface area contributed by atoms with Crippen molar-refractivity contribution in [2.45, 2.75) is 13.5 Å². The number of para-hydroxylation sites is 2. The van der Waals surface area contributed by atoms with Gasteiger partial charge in [0.05, 0.1) is 56.7 Å². The van der Waals surface area contributed by atoms with E-state index in [0.29, 0.717) is 34.2 Å². The number of methoxy groups -OCH3 is 1. The number of quaternary nitrogens is 1. The number of rotatable bonds is 6. The van der Waals surface area contributed by atoms with Gasteiger partial charge in [-0.15, -0.1) is 11.3 Å². The molecular formula is C20H25N4O3S+. The van der Waals surface area contributed by atoms with Crippen molar-refractivity contribution in [1.82, 2.24) is 0 Å². The molecule has 28 heavy (non-hydrogen) atoms. The number of carbonyl (C=O) groups excluding carboxylic acids is 1. The summed E-state index contributed by atoms with van der Waals surface area (Å²) in [5, 5.41) is 9.88. The second-order valence-corrected chi connectivity index (χ2v) is 7.62. The van der Waals surface area contributed by atoms with Gasteiger partial charge in [-0.2, -0.15) is 5.26 Å². The van der Waals surface area contributed by atoms with Crippen molar-refractivity contribution in [2.75, 3.05) is 50.5 Å². The van der Waals surface area contributed by atoms with E-state index in [1.165, 1.54) is 4.90 Å². The molecule has 1 aliphatic rings. The van der Waals surface area contributed by atoms with Crippen molar-refractivity contribution in [3.05, 3.63) is 40.3 Å². The summed E-state index contributed by atoms with van der Waals surface area (Å²) in [7, 11) is 1.68. The Bertz CT molecular complexity index is 882. The molecule has 0 radical (unpaired) electrons. The van der Waals surface area contributed by atoms with Crippen LogP contribution in [0.4, 0.5) is 10.7 Å². The summed E-state index contributed by atoms with van der Waals surface area (Å²) in [6.07, 6.45) is 0. The number of nitrogen functional groups attached to an aromatic ring is 1. The van der Waals surface area contributed by atoms with E-state index in [2.05, 4.69) is 17.0 Å². The SMILES string of the molecule is CCOC(=O)c1sc(N)c(C#N)c1C[NH+]1CCN(c2ccccc2OC)CC1. The molecule has 3 N–H and O–H groups in total. The van der Waals surface area contributed by atoms with E-state index in [0.717, 1.165) is 49.0 Å². The first-order valence-corrected chi connectivity index (χ1v) is 10.1. The predicted molar refractivity (Wildman–Crippen MR) is 109 cm³/mol. The van der Waals surface area contributed by atoms with Gasteiger partial charge in [-0.05, 0) is 19.1 Å². The molecule has 1 aromatic carbocycles. The highest BCUT2D eigenvalue weighted by Crippen LogP contribution is 2.31. The van der Waals surface area contributed by atoms with E-state index in [1.54, 1.807) is 14.0 Å². The Morgan fingerprint density at radius 2 is 2.07 bits per heavy atom. The first-order chi connectivity index (χ1) is 13.6. The summed E-state index contributed by atoms with van der Waals surface area (Å²) in [6, 6.07) is 10.2. The fourth-order valence-corrected chi connectivity index (χ4v) is 4.45. The number of esters is 1. The van der Waals surface area contributed by atoms with Crippen molar-refractivity contribution in [3.63, 3.8) is 0 Å². The molecule has 7 nitrogen and oxygen atoms in total. The number of nitrogens with one attached hydrogen (secondary N) is 1.